The molecule has 6 nitrogen and oxygen atoms in total. The minimum atomic E-state index is 0. The highest BCUT2D eigenvalue weighted by atomic mass is 127. The summed E-state index contributed by atoms with van der Waals surface area (Å²) in [7, 11) is 0. The van der Waals surface area contributed by atoms with Crippen LogP contribution >= 0.6 is 24.0 Å². The molecule has 1 saturated heterocycles. The van der Waals surface area contributed by atoms with Crippen LogP contribution in [0.4, 0.5) is 0 Å². The minimum absolute atomic E-state index is 0. The first kappa shape index (κ1) is 20.0. The van der Waals surface area contributed by atoms with Crippen molar-refractivity contribution in [1.82, 2.24) is 10.3 Å². The average Bonchev–Trinajstić information content (AvgIpc) is 2.55. The van der Waals surface area contributed by atoms with E-state index in [-0.39, 0.29) is 29.9 Å². The number of hydrazine groups is 1. The highest BCUT2D eigenvalue weighted by Crippen LogP contribution is 2.17. The first-order valence-electron chi connectivity index (χ1n) is 7.98. The van der Waals surface area contributed by atoms with E-state index in [1.54, 1.807) is 0 Å². The number of ether oxygens (including phenoxy) is 1. The van der Waals surface area contributed by atoms with Crippen LogP contribution in [0.1, 0.15) is 31.2 Å². The molecule has 2 rings (SSSR count). The van der Waals surface area contributed by atoms with Crippen molar-refractivity contribution < 1.29 is 4.74 Å². The maximum absolute atomic E-state index is 5.77. The topological polar surface area (TPSA) is 88.9 Å². The number of hydrogen-bond donors (Lipinski definition) is 3. The molecular formula is C16H28IN5O. The third-order valence-electron chi connectivity index (χ3n) is 3.75. The van der Waals surface area contributed by atoms with Crippen LogP contribution < -0.4 is 21.7 Å². The summed E-state index contributed by atoms with van der Waals surface area (Å²) in [6, 6.07) is 8.36. The largest absolute Gasteiger partial charge is 0.494 e. The van der Waals surface area contributed by atoms with Crippen LogP contribution in [0.25, 0.3) is 0 Å². The van der Waals surface area contributed by atoms with Crippen molar-refractivity contribution in [3.8, 4) is 5.75 Å². The molecule has 0 bridgehead atoms. The molecule has 0 saturated carbocycles. The number of nitrogens with zero attached hydrogens (tertiary/aromatic N) is 2. The van der Waals surface area contributed by atoms with Crippen molar-refractivity contribution >= 4 is 29.9 Å². The lowest BCUT2D eigenvalue weighted by Crippen LogP contribution is -2.37. The van der Waals surface area contributed by atoms with Gasteiger partial charge in [0.25, 0.3) is 0 Å². The van der Waals surface area contributed by atoms with Crippen molar-refractivity contribution in [2.24, 2.45) is 16.6 Å². The molecule has 1 aliphatic heterocycles. The van der Waals surface area contributed by atoms with Gasteiger partial charge in [0.1, 0.15) is 5.75 Å². The number of piperidine rings is 1. The van der Waals surface area contributed by atoms with E-state index in [1.807, 2.05) is 6.07 Å². The third-order valence-corrected chi connectivity index (χ3v) is 3.75. The molecule has 1 aromatic rings. The third kappa shape index (κ3) is 7.85. The zero-order valence-electron chi connectivity index (χ0n) is 13.5. The zero-order chi connectivity index (χ0) is 15.6. The van der Waals surface area contributed by atoms with Gasteiger partial charge in [0.05, 0.1) is 6.61 Å². The number of nitrogens with two attached hydrogens (primary N) is 2. The number of hydrogen-bond acceptors (Lipinski definition) is 4. The number of nitrogens with one attached hydrogen (secondary N) is 1. The monoisotopic (exact) mass is 433 g/mol. The Hall–Kier alpha value is -1.06. The molecule has 5 N–H and O–H groups in total. The lowest BCUT2D eigenvalue weighted by atomic mass is 10.1. The predicted molar refractivity (Wildman–Crippen MR) is 105 cm³/mol. The van der Waals surface area contributed by atoms with Gasteiger partial charge in [-0.3, -0.25) is 15.3 Å². The summed E-state index contributed by atoms with van der Waals surface area (Å²) in [6.45, 7) is 4.65. The van der Waals surface area contributed by atoms with Crippen LogP contribution in [0.3, 0.4) is 0 Å². The van der Waals surface area contributed by atoms with E-state index in [0.29, 0.717) is 13.2 Å². The summed E-state index contributed by atoms with van der Waals surface area (Å²) in [5.41, 5.74) is 9.06. The Kier molecular flexibility index (Phi) is 9.97. The Morgan fingerprint density at radius 3 is 2.78 bits per heavy atom. The van der Waals surface area contributed by atoms with E-state index in [0.717, 1.165) is 18.7 Å². The second-order valence-corrected chi connectivity index (χ2v) is 5.60. The van der Waals surface area contributed by atoms with Gasteiger partial charge in [0, 0.05) is 19.5 Å². The highest BCUT2D eigenvalue weighted by Gasteiger charge is 2.10. The average molecular weight is 433 g/mol. The highest BCUT2D eigenvalue weighted by molar-refractivity contribution is 14.0. The number of guanidine groups is 1. The summed E-state index contributed by atoms with van der Waals surface area (Å²) >= 11 is 0. The molecule has 1 fully saturated rings. The summed E-state index contributed by atoms with van der Waals surface area (Å²) in [5.74, 6) is 6.30. The van der Waals surface area contributed by atoms with Gasteiger partial charge in [-0.05, 0) is 43.6 Å². The Balaban J connectivity index is 0.00000264. The Bertz CT molecular complexity index is 477. The van der Waals surface area contributed by atoms with Crippen LogP contribution in [0, 0.1) is 0 Å². The summed E-state index contributed by atoms with van der Waals surface area (Å²) in [5, 5.41) is 0. The number of halogens is 1. The molecule has 0 aliphatic carbocycles. The van der Waals surface area contributed by atoms with E-state index in [4.69, 9.17) is 16.3 Å². The van der Waals surface area contributed by atoms with Crippen LogP contribution in [-0.4, -0.2) is 37.1 Å². The molecule has 0 aromatic heterocycles. The van der Waals surface area contributed by atoms with Gasteiger partial charge in [-0.1, -0.05) is 18.6 Å². The zero-order valence-corrected chi connectivity index (χ0v) is 15.9. The first-order valence-corrected chi connectivity index (χ1v) is 7.98. The number of likely N-dealkylation sites (tertiary alicyclic amines) is 1. The molecule has 1 aromatic carbocycles. The van der Waals surface area contributed by atoms with Gasteiger partial charge >= 0.3 is 0 Å². The van der Waals surface area contributed by atoms with Gasteiger partial charge in [-0.25, -0.2) is 5.84 Å². The van der Waals surface area contributed by atoms with E-state index in [9.17, 15) is 0 Å². The molecule has 1 aliphatic rings. The summed E-state index contributed by atoms with van der Waals surface area (Å²) in [6.07, 6.45) is 4.81. The normalized spacial score (nSPS) is 15.8. The van der Waals surface area contributed by atoms with Crippen LogP contribution in [0.2, 0.25) is 0 Å². The van der Waals surface area contributed by atoms with E-state index in [1.165, 1.54) is 37.9 Å². The number of rotatable bonds is 7. The van der Waals surface area contributed by atoms with Crippen molar-refractivity contribution in [2.75, 3.05) is 26.2 Å². The van der Waals surface area contributed by atoms with E-state index in [2.05, 4.69) is 33.5 Å². The molecule has 0 spiro atoms. The van der Waals surface area contributed by atoms with Crippen LogP contribution in [0.5, 0.6) is 5.75 Å². The maximum Gasteiger partial charge on any atom is 0.203 e. The van der Waals surface area contributed by atoms with Gasteiger partial charge in [0.15, 0.2) is 0 Å². The summed E-state index contributed by atoms with van der Waals surface area (Å²) in [4.78, 5) is 6.55. The van der Waals surface area contributed by atoms with Gasteiger partial charge < -0.3 is 10.5 Å². The molecular weight excluding hydrogens is 405 g/mol. The Morgan fingerprint density at radius 1 is 1.26 bits per heavy atom. The Labute approximate surface area is 155 Å². The molecule has 0 atom stereocenters. The van der Waals surface area contributed by atoms with Crippen molar-refractivity contribution in [2.45, 2.75) is 32.2 Å². The quantitative estimate of drug-likeness (QED) is 0.153. The van der Waals surface area contributed by atoms with Crippen molar-refractivity contribution in [3.63, 3.8) is 0 Å². The summed E-state index contributed by atoms with van der Waals surface area (Å²) < 4.78 is 5.77. The lowest BCUT2D eigenvalue weighted by Gasteiger charge is -2.26. The van der Waals surface area contributed by atoms with Gasteiger partial charge in [-0.15, -0.1) is 24.0 Å². The van der Waals surface area contributed by atoms with Crippen LogP contribution in [-0.2, 0) is 6.54 Å². The second-order valence-electron chi connectivity index (χ2n) is 5.60. The van der Waals surface area contributed by atoms with Crippen molar-refractivity contribution in [3.05, 3.63) is 29.8 Å². The fraction of sp³-hybridized carbons (Fsp3) is 0.562. The Morgan fingerprint density at radius 2 is 2.04 bits per heavy atom. The number of aliphatic imine (C=N–C) groups is 1. The second kappa shape index (κ2) is 11.5. The predicted octanol–water partition coefficient (Wildman–Crippen LogP) is 1.84. The van der Waals surface area contributed by atoms with Crippen molar-refractivity contribution in [1.29, 1.82) is 0 Å². The van der Waals surface area contributed by atoms with E-state index < -0.39 is 0 Å². The molecule has 0 unspecified atom stereocenters. The molecule has 1 heterocycles. The number of benzene rings is 1. The molecule has 0 radical (unpaired) electrons. The molecule has 23 heavy (non-hydrogen) atoms. The molecule has 0 amide bonds. The minimum Gasteiger partial charge on any atom is -0.494 e. The van der Waals surface area contributed by atoms with Gasteiger partial charge in [0.2, 0.25) is 5.96 Å². The van der Waals surface area contributed by atoms with Crippen LogP contribution in [0.15, 0.2) is 29.3 Å². The SMILES string of the molecule is I.NNC(N)=NCCCOc1cccc(CN2CCCCC2)c1. The van der Waals surface area contributed by atoms with Gasteiger partial charge in [-0.2, -0.15) is 0 Å². The smallest absolute Gasteiger partial charge is 0.203 e. The fourth-order valence-electron chi connectivity index (χ4n) is 2.61. The fourth-order valence-corrected chi connectivity index (χ4v) is 2.61. The van der Waals surface area contributed by atoms with E-state index >= 15 is 0 Å². The first-order chi connectivity index (χ1) is 10.8. The standard InChI is InChI=1S/C16H27N5O.HI/c17-16(20-18)19-8-5-11-22-15-7-4-6-14(12-15)13-21-9-2-1-3-10-21;/h4,6-7,12H,1-3,5,8-11,13,18H2,(H3,17,19,20);1H. The molecule has 7 heteroatoms. The lowest BCUT2D eigenvalue weighted by molar-refractivity contribution is 0.220. The molecule has 130 valence electrons. The maximum atomic E-state index is 5.77.